The molecule has 132 valence electrons. The maximum Gasteiger partial charge on any atom is 0.227 e. The van der Waals surface area contributed by atoms with E-state index in [0.717, 1.165) is 36.3 Å². The largest absolute Gasteiger partial charge is 0.489 e. The molecule has 0 spiro atoms. The minimum absolute atomic E-state index is 0.139. The first-order valence-electron chi connectivity index (χ1n) is 8.61. The molecule has 1 heterocycles. The average molecular weight is 359 g/mol. The van der Waals surface area contributed by atoms with Crippen LogP contribution in [0.25, 0.3) is 0 Å². The minimum atomic E-state index is 0.139. The first kappa shape index (κ1) is 17.8. The Bertz CT molecular complexity index is 735. The molecule has 1 fully saturated rings. The summed E-state index contributed by atoms with van der Waals surface area (Å²) in [5.74, 6) is 0.891. The van der Waals surface area contributed by atoms with Crippen molar-refractivity contribution in [3.8, 4) is 5.75 Å². The molecule has 1 saturated heterocycles. The van der Waals surface area contributed by atoms with E-state index in [4.69, 9.17) is 22.1 Å². The summed E-state index contributed by atoms with van der Waals surface area (Å²) in [5, 5.41) is 0.695. The lowest BCUT2D eigenvalue weighted by Gasteiger charge is -2.23. The first-order valence-corrected chi connectivity index (χ1v) is 8.99. The second-order valence-electron chi connectivity index (χ2n) is 6.36. The summed E-state index contributed by atoms with van der Waals surface area (Å²) in [5.41, 5.74) is 7.73. The number of hydrogen-bond donors (Lipinski definition) is 1. The molecule has 5 heteroatoms. The highest BCUT2D eigenvalue weighted by molar-refractivity contribution is 6.30. The van der Waals surface area contributed by atoms with Crippen LogP contribution in [0.1, 0.15) is 24.0 Å². The Morgan fingerprint density at radius 3 is 2.80 bits per heavy atom. The standard InChI is InChI=1S/C20H23ClN2O2/c21-17-6-1-5-16(10-17)14-25-19-8-2-4-15(11-19)12-20(24)23-9-3-7-18(23)13-22/h1-2,4-6,8,10-11,18H,3,7,9,12-14,22H2. The fourth-order valence-corrected chi connectivity index (χ4v) is 3.44. The topological polar surface area (TPSA) is 55.6 Å². The van der Waals surface area contributed by atoms with E-state index in [1.54, 1.807) is 0 Å². The summed E-state index contributed by atoms with van der Waals surface area (Å²) < 4.78 is 5.83. The zero-order valence-electron chi connectivity index (χ0n) is 14.2. The number of rotatable bonds is 6. The Morgan fingerprint density at radius 1 is 1.20 bits per heavy atom. The van der Waals surface area contributed by atoms with Gasteiger partial charge in [-0.15, -0.1) is 0 Å². The lowest BCUT2D eigenvalue weighted by Crippen LogP contribution is -2.40. The molecule has 25 heavy (non-hydrogen) atoms. The van der Waals surface area contributed by atoms with Gasteiger partial charge in [0.25, 0.3) is 0 Å². The van der Waals surface area contributed by atoms with Gasteiger partial charge in [0.15, 0.2) is 0 Å². The van der Waals surface area contributed by atoms with E-state index >= 15 is 0 Å². The van der Waals surface area contributed by atoms with Crippen LogP contribution < -0.4 is 10.5 Å². The third-order valence-corrected chi connectivity index (χ3v) is 4.75. The maximum atomic E-state index is 12.5. The lowest BCUT2D eigenvalue weighted by molar-refractivity contribution is -0.131. The Balaban J connectivity index is 1.60. The molecule has 0 aliphatic carbocycles. The molecular formula is C20H23ClN2O2. The molecule has 1 unspecified atom stereocenters. The first-order chi connectivity index (χ1) is 12.2. The van der Waals surface area contributed by atoms with Crippen molar-refractivity contribution in [3.63, 3.8) is 0 Å². The predicted molar refractivity (Wildman–Crippen MR) is 99.7 cm³/mol. The van der Waals surface area contributed by atoms with Gasteiger partial charge in [0.2, 0.25) is 5.91 Å². The van der Waals surface area contributed by atoms with Gasteiger partial charge in [-0.2, -0.15) is 0 Å². The van der Waals surface area contributed by atoms with Crippen molar-refractivity contribution in [3.05, 3.63) is 64.7 Å². The molecule has 4 nitrogen and oxygen atoms in total. The van der Waals surface area contributed by atoms with E-state index in [0.29, 0.717) is 24.6 Å². The molecule has 2 aromatic rings. The number of nitrogens with zero attached hydrogens (tertiary/aromatic N) is 1. The van der Waals surface area contributed by atoms with Gasteiger partial charge < -0.3 is 15.4 Å². The number of hydrogen-bond acceptors (Lipinski definition) is 3. The van der Waals surface area contributed by atoms with Crippen LogP contribution in [0.4, 0.5) is 0 Å². The number of likely N-dealkylation sites (tertiary alicyclic amines) is 1. The van der Waals surface area contributed by atoms with Crippen LogP contribution in [0.2, 0.25) is 5.02 Å². The number of benzene rings is 2. The Kier molecular flexibility index (Phi) is 5.95. The lowest BCUT2D eigenvalue weighted by atomic mass is 10.1. The van der Waals surface area contributed by atoms with Gasteiger partial charge in [-0.1, -0.05) is 35.9 Å². The monoisotopic (exact) mass is 358 g/mol. The molecule has 2 N–H and O–H groups in total. The van der Waals surface area contributed by atoms with E-state index in [-0.39, 0.29) is 11.9 Å². The highest BCUT2D eigenvalue weighted by atomic mass is 35.5. The van der Waals surface area contributed by atoms with Crippen molar-refractivity contribution in [2.45, 2.75) is 31.9 Å². The van der Waals surface area contributed by atoms with E-state index < -0.39 is 0 Å². The van der Waals surface area contributed by atoms with Crippen molar-refractivity contribution < 1.29 is 9.53 Å². The van der Waals surface area contributed by atoms with Gasteiger partial charge in [0, 0.05) is 24.2 Å². The number of carbonyl (C=O) groups excluding carboxylic acids is 1. The molecule has 1 amide bonds. The van der Waals surface area contributed by atoms with Crippen LogP contribution in [0.15, 0.2) is 48.5 Å². The zero-order chi connectivity index (χ0) is 17.6. The fraction of sp³-hybridized carbons (Fsp3) is 0.350. The van der Waals surface area contributed by atoms with Gasteiger partial charge in [0.05, 0.1) is 6.42 Å². The molecule has 2 aromatic carbocycles. The highest BCUT2D eigenvalue weighted by Gasteiger charge is 2.27. The molecule has 1 atom stereocenters. The molecule has 0 bridgehead atoms. The Hall–Kier alpha value is -2.04. The van der Waals surface area contributed by atoms with Crippen molar-refractivity contribution in [2.24, 2.45) is 5.73 Å². The van der Waals surface area contributed by atoms with Crippen molar-refractivity contribution in [1.82, 2.24) is 4.90 Å². The van der Waals surface area contributed by atoms with Crippen LogP contribution in [-0.4, -0.2) is 29.9 Å². The van der Waals surface area contributed by atoms with Crippen LogP contribution in [0, 0.1) is 0 Å². The predicted octanol–water partition coefficient (Wildman–Crippen LogP) is 3.41. The zero-order valence-corrected chi connectivity index (χ0v) is 14.9. The normalized spacial score (nSPS) is 16.9. The molecule has 0 saturated carbocycles. The van der Waals surface area contributed by atoms with Crippen LogP contribution >= 0.6 is 11.6 Å². The average Bonchev–Trinajstić information content (AvgIpc) is 3.09. The summed E-state index contributed by atoms with van der Waals surface area (Å²) in [7, 11) is 0. The minimum Gasteiger partial charge on any atom is -0.489 e. The summed E-state index contributed by atoms with van der Waals surface area (Å²) in [4.78, 5) is 14.4. The smallest absolute Gasteiger partial charge is 0.227 e. The van der Waals surface area contributed by atoms with E-state index in [1.165, 1.54) is 0 Å². The third kappa shape index (κ3) is 4.74. The molecule has 0 radical (unpaired) electrons. The molecule has 3 rings (SSSR count). The molecule has 1 aliphatic heterocycles. The van der Waals surface area contributed by atoms with Gasteiger partial charge in [-0.05, 0) is 48.2 Å². The maximum absolute atomic E-state index is 12.5. The Labute approximate surface area is 153 Å². The van der Waals surface area contributed by atoms with E-state index in [2.05, 4.69) is 0 Å². The summed E-state index contributed by atoms with van der Waals surface area (Å²) in [6.07, 6.45) is 2.42. The second-order valence-corrected chi connectivity index (χ2v) is 6.80. The SMILES string of the molecule is NCC1CCCN1C(=O)Cc1cccc(OCc2cccc(Cl)c2)c1. The van der Waals surface area contributed by atoms with Gasteiger partial charge >= 0.3 is 0 Å². The number of nitrogens with two attached hydrogens (primary N) is 1. The second kappa shape index (κ2) is 8.37. The number of ether oxygens (including phenoxy) is 1. The number of amides is 1. The fourth-order valence-electron chi connectivity index (χ4n) is 3.22. The summed E-state index contributed by atoms with van der Waals surface area (Å²) in [6, 6.07) is 15.5. The van der Waals surface area contributed by atoms with E-state index in [9.17, 15) is 4.79 Å². The number of carbonyl (C=O) groups is 1. The van der Waals surface area contributed by atoms with Crippen molar-refractivity contribution >= 4 is 17.5 Å². The van der Waals surface area contributed by atoms with Crippen LogP contribution in [0.3, 0.4) is 0 Å². The Morgan fingerprint density at radius 2 is 2.00 bits per heavy atom. The molecular weight excluding hydrogens is 336 g/mol. The van der Waals surface area contributed by atoms with Gasteiger partial charge in [-0.3, -0.25) is 4.79 Å². The highest BCUT2D eigenvalue weighted by Crippen LogP contribution is 2.20. The van der Waals surface area contributed by atoms with Gasteiger partial charge in [0.1, 0.15) is 12.4 Å². The quantitative estimate of drug-likeness (QED) is 0.860. The number of halogens is 1. The van der Waals surface area contributed by atoms with Crippen molar-refractivity contribution in [1.29, 1.82) is 0 Å². The van der Waals surface area contributed by atoms with Crippen LogP contribution in [-0.2, 0) is 17.8 Å². The third-order valence-electron chi connectivity index (χ3n) is 4.52. The molecule has 0 aromatic heterocycles. The molecule has 1 aliphatic rings. The summed E-state index contributed by atoms with van der Waals surface area (Å²) in [6.45, 7) is 1.79. The van der Waals surface area contributed by atoms with E-state index in [1.807, 2.05) is 53.4 Å². The van der Waals surface area contributed by atoms with Crippen molar-refractivity contribution in [2.75, 3.05) is 13.1 Å². The van der Waals surface area contributed by atoms with Crippen LogP contribution in [0.5, 0.6) is 5.75 Å². The van der Waals surface area contributed by atoms with Gasteiger partial charge in [-0.25, -0.2) is 0 Å². The summed E-state index contributed by atoms with van der Waals surface area (Å²) >= 11 is 5.99.